The molecule has 2 aromatic carbocycles. The van der Waals surface area contributed by atoms with Gasteiger partial charge >= 0.3 is 0 Å². The monoisotopic (exact) mass is 473 g/mol. The topological polar surface area (TPSA) is 89.4 Å². The predicted molar refractivity (Wildman–Crippen MR) is 131 cm³/mol. The summed E-state index contributed by atoms with van der Waals surface area (Å²) < 4.78 is 7.85. The quantitative estimate of drug-likeness (QED) is 0.594. The first-order valence-corrected chi connectivity index (χ1v) is 12.3. The number of nitrogens with zero attached hydrogens (tertiary/aromatic N) is 4. The number of amides is 2. The summed E-state index contributed by atoms with van der Waals surface area (Å²) in [5, 5.41) is 11.5. The summed E-state index contributed by atoms with van der Waals surface area (Å²) in [6.07, 6.45) is 2.01. The van der Waals surface area contributed by atoms with Gasteiger partial charge in [0, 0.05) is 25.6 Å². The third-order valence-electron chi connectivity index (χ3n) is 6.96. The van der Waals surface area contributed by atoms with Crippen LogP contribution in [0.4, 0.5) is 0 Å². The van der Waals surface area contributed by atoms with Gasteiger partial charge < -0.3 is 15.0 Å². The van der Waals surface area contributed by atoms with Crippen molar-refractivity contribution in [3.8, 4) is 0 Å². The third-order valence-corrected chi connectivity index (χ3v) is 6.96. The van der Waals surface area contributed by atoms with Gasteiger partial charge in [0.2, 0.25) is 5.91 Å². The number of nitrogens with one attached hydrogen (secondary N) is 1. The molecular weight excluding hydrogens is 442 g/mol. The highest BCUT2D eigenvalue weighted by Crippen LogP contribution is 2.28. The molecule has 0 saturated carbocycles. The molecule has 1 N–H and O–H groups in total. The third kappa shape index (κ3) is 5.27. The molecule has 0 unspecified atom stereocenters. The Kier molecular flexibility index (Phi) is 6.90. The minimum atomic E-state index is -0.133. The molecule has 1 aromatic heterocycles. The summed E-state index contributed by atoms with van der Waals surface area (Å²) in [6, 6.07) is 18.4. The smallest absolute Gasteiger partial charge is 0.276 e. The van der Waals surface area contributed by atoms with E-state index < -0.39 is 0 Å². The van der Waals surface area contributed by atoms with Crippen molar-refractivity contribution in [2.24, 2.45) is 5.92 Å². The number of benzene rings is 2. The number of aryl methyl sites for hydroxylation is 1. The molecule has 182 valence electrons. The first-order chi connectivity index (χ1) is 17.1. The maximum Gasteiger partial charge on any atom is 0.276 e. The number of hydrogen-bond acceptors (Lipinski definition) is 5. The highest BCUT2D eigenvalue weighted by Gasteiger charge is 2.33. The zero-order chi connectivity index (χ0) is 24.2. The van der Waals surface area contributed by atoms with E-state index in [2.05, 4.69) is 59.0 Å². The maximum atomic E-state index is 13.2. The van der Waals surface area contributed by atoms with E-state index >= 15 is 0 Å². The van der Waals surface area contributed by atoms with Gasteiger partial charge in [-0.05, 0) is 37.3 Å². The normalized spacial score (nSPS) is 18.2. The standard InChI is InChI=1S/C27H31N5O3/c1-19-7-9-21(10-8-19)24-17-32-23(18-35-24)25(29-30-32)27(34)31-15-12-22(13-16-31)26(33)28-14-11-20-5-3-2-4-6-20/h2-10,22,24H,11-18H2,1H3,(H,28,33)/t24-/m0/s1. The van der Waals surface area contributed by atoms with Crippen molar-refractivity contribution >= 4 is 11.8 Å². The molecule has 0 bridgehead atoms. The Labute approximate surface area is 205 Å². The van der Waals surface area contributed by atoms with Crippen molar-refractivity contribution in [2.45, 2.75) is 45.4 Å². The van der Waals surface area contributed by atoms with Crippen LogP contribution in [0.3, 0.4) is 0 Å². The summed E-state index contributed by atoms with van der Waals surface area (Å²) >= 11 is 0. The fourth-order valence-electron chi connectivity index (χ4n) is 4.77. The van der Waals surface area contributed by atoms with Crippen LogP contribution in [-0.2, 0) is 29.1 Å². The first-order valence-electron chi connectivity index (χ1n) is 12.3. The van der Waals surface area contributed by atoms with E-state index in [0.717, 1.165) is 17.7 Å². The molecule has 2 aliphatic heterocycles. The Morgan fingerprint density at radius 1 is 1.06 bits per heavy atom. The summed E-state index contributed by atoms with van der Waals surface area (Å²) in [5.74, 6) is -0.126. The Morgan fingerprint density at radius 3 is 2.54 bits per heavy atom. The highest BCUT2D eigenvalue weighted by atomic mass is 16.5. The van der Waals surface area contributed by atoms with Crippen LogP contribution in [0.1, 0.15) is 51.8 Å². The summed E-state index contributed by atoms with van der Waals surface area (Å²) in [5.41, 5.74) is 4.58. The number of ether oxygens (including phenoxy) is 1. The van der Waals surface area contributed by atoms with Crippen molar-refractivity contribution in [1.29, 1.82) is 0 Å². The van der Waals surface area contributed by atoms with Gasteiger partial charge in [0.05, 0.1) is 18.8 Å². The van der Waals surface area contributed by atoms with Crippen LogP contribution >= 0.6 is 0 Å². The van der Waals surface area contributed by atoms with Gasteiger partial charge in [-0.25, -0.2) is 4.68 Å². The van der Waals surface area contributed by atoms with Crippen LogP contribution in [0.2, 0.25) is 0 Å². The van der Waals surface area contributed by atoms with Crippen molar-refractivity contribution < 1.29 is 14.3 Å². The molecule has 3 heterocycles. The van der Waals surface area contributed by atoms with E-state index in [9.17, 15) is 9.59 Å². The van der Waals surface area contributed by atoms with Gasteiger partial charge in [0.25, 0.3) is 5.91 Å². The largest absolute Gasteiger partial charge is 0.365 e. The van der Waals surface area contributed by atoms with E-state index in [-0.39, 0.29) is 23.8 Å². The van der Waals surface area contributed by atoms with Crippen LogP contribution in [0.5, 0.6) is 0 Å². The second-order valence-electron chi connectivity index (χ2n) is 9.37. The summed E-state index contributed by atoms with van der Waals surface area (Å²) in [6.45, 7) is 4.58. The van der Waals surface area contributed by atoms with Crippen LogP contribution in [0.15, 0.2) is 54.6 Å². The Hall–Kier alpha value is -3.52. The molecule has 1 saturated heterocycles. The molecule has 5 rings (SSSR count). The molecule has 0 aliphatic carbocycles. The SMILES string of the molecule is Cc1ccc([C@@H]2Cn3nnc(C(=O)N4CCC(C(=O)NCCc5ccccc5)CC4)c3CO2)cc1. The number of fused-ring (bicyclic) bond motifs is 1. The Morgan fingerprint density at radius 2 is 1.80 bits per heavy atom. The fraction of sp³-hybridized carbons (Fsp3) is 0.407. The van der Waals surface area contributed by atoms with Crippen molar-refractivity contribution in [3.63, 3.8) is 0 Å². The average molecular weight is 474 g/mol. The molecule has 1 atom stereocenters. The van der Waals surface area contributed by atoms with Crippen molar-refractivity contribution in [2.75, 3.05) is 19.6 Å². The van der Waals surface area contributed by atoms with Crippen molar-refractivity contribution in [1.82, 2.24) is 25.2 Å². The van der Waals surface area contributed by atoms with Gasteiger partial charge in [-0.3, -0.25) is 9.59 Å². The number of aromatic nitrogens is 3. The highest BCUT2D eigenvalue weighted by molar-refractivity contribution is 5.93. The minimum Gasteiger partial charge on any atom is -0.365 e. The number of hydrogen-bond donors (Lipinski definition) is 1. The van der Waals surface area contributed by atoms with Crippen LogP contribution < -0.4 is 5.32 Å². The lowest BCUT2D eigenvalue weighted by molar-refractivity contribution is -0.126. The molecule has 8 nitrogen and oxygen atoms in total. The van der Waals surface area contributed by atoms with Crippen molar-refractivity contribution in [3.05, 3.63) is 82.7 Å². The van der Waals surface area contributed by atoms with Gasteiger partial charge in [-0.2, -0.15) is 0 Å². The molecule has 0 spiro atoms. The average Bonchev–Trinajstić information content (AvgIpc) is 3.33. The van der Waals surface area contributed by atoms with E-state index in [1.807, 2.05) is 18.2 Å². The van der Waals surface area contributed by atoms with Crippen LogP contribution in [0.25, 0.3) is 0 Å². The molecule has 0 radical (unpaired) electrons. The fourth-order valence-corrected chi connectivity index (χ4v) is 4.77. The van der Waals surface area contributed by atoms with E-state index in [1.165, 1.54) is 11.1 Å². The lowest BCUT2D eigenvalue weighted by atomic mass is 9.95. The van der Waals surface area contributed by atoms with Crippen LogP contribution in [-0.4, -0.2) is 51.3 Å². The summed E-state index contributed by atoms with van der Waals surface area (Å²) in [7, 11) is 0. The molecule has 1 fully saturated rings. The van der Waals surface area contributed by atoms with E-state index in [4.69, 9.17) is 4.74 Å². The van der Waals surface area contributed by atoms with Crippen LogP contribution in [0, 0.1) is 12.8 Å². The van der Waals surface area contributed by atoms with Gasteiger partial charge in [0.15, 0.2) is 5.69 Å². The predicted octanol–water partition coefficient (Wildman–Crippen LogP) is 3.07. The number of carbonyl (C=O) groups excluding carboxylic acids is 2. The van der Waals surface area contributed by atoms with Gasteiger partial charge in [0.1, 0.15) is 6.10 Å². The molecule has 2 amide bonds. The maximum absolute atomic E-state index is 13.2. The number of piperidine rings is 1. The number of rotatable bonds is 6. The second-order valence-corrected chi connectivity index (χ2v) is 9.37. The Balaban J connectivity index is 1.13. The molecule has 3 aromatic rings. The second kappa shape index (κ2) is 10.4. The lowest BCUT2D eigenvalue weighted by Gasteiger charge is -2.31. The number of likely N-dealkylation sites (tertiary alicyclic amines) is 1. The van der Waals surface area contributed by atoms with Gasteiger partial charge in [-0.15, -0.1) is 5.10 Å². The summed E-state index contributed by atoms with van der Waals surface area (Å²) in [4.78, 5) is 27.6. The van der Waals surface area contributed by atoms with E-state index in [1.54, 1.807) is 9.58 Å². The molecular formula is C27H31N5O3. The molecule has 35 heavy (non-hydrogen) atoms. The zero-order valence-corrected chi connectivity index (χ0v) is 20.0. The minimum absolute atomic E-state index is 0.0672. The molecule has 2 aliphatic rings. The number of carbonyl (C=O) groups is 2. The zero-order valence-electron chi connectivity index (χ0n) is 20.0. The Bertz CT molecular complexity index is 1170. The lowest BCUT2D eigenvalue weighted by Crippen LogP contribution is -2.43. The first kappa shape index (κ1) is 23.2. The molecule has 8 heteroatoms. The van der Waals surface area contributed by atoms with Gasteiger partial charge in [-0.1, -0.05) is 65.4 Å². The van der Waals surface area contributed by atoms with E-state index in [0.29, 0.717) is 51.3 Å².